The number of rotatable bonds is 3. The lowest BCUT2D eigenvalue weighted by Crippen LogP contribution is -2.16. The lowest BCUT2D eigenvalue weighted by Gasteiger charge is -2.07. The van der Waals surface area contributed by atoms with Crippen molar-refractivity contribution in [1.29, 1.82) is 0 Å². The first kappa shape index (κ1) is 16.1. The van der Waals surface area contributed by atoms with E-state index in [0.717, 1.165) is 6.07 Å². The minimum absolute atomic E-state index is 0.0994. The lowest BCUT2D eigenvalue weighted by molar-refractivity contribution is 0.0467. The average Bonchev–Trinajstić information content (AvgIpc) is 2.56. The summed E-state index contributed by atoms with van der Waals surface area (Å²) in [4.78, 5) is 28.2. The smallest absolute Gasteiger partial charge is 0.338 e. The molecule has 0 N–H and O–H groups in total. The number of aromatic nitrogens is 2. The summed E-state index contributed by atoms with van der Waals surface area (Å²) < 4.78 is 19.9. The van der Waals surface area contributed by atoms with Gasteiger partial charge in [0, 0.05) is 12.3 Å². The minimum atomic E-state index is -0.688. The van der Waals surface area contributed by atoms with Gasteiger partial charge in [0.15, 0.2) is 0 Å². The van der Waals surface area contributed by atoms with Crippen LogP contribution in [0, 0.1) is 12.7 Å². The summed E-state index contributed by atoms with van der Waals surface area (Å²) in [5.74, 6) is -1.17. The fourth-order valence-electron chi connectivity index (χ4n) is 2.14. The van der Waals surface area contributed by atoms with Gasteiger partial charge in [-0.2, -0.15) is 0 Å². The summed E-state index contributed by atoms with van der Waals surface area (Å²) in [5.41, 5.74) is 0.884. The summed E-state index contributed by atoms with van der Waals surface area (Å²) >= 11 is 5.84. The van der Waals surface area contributed by atoms with Crippen LogP contribution in [-0.4, -0.2) is 15.4 Å². The number of nitrogens with zero attached hydrogens (tertiary/aromatic N) is 2. The van der Waals surface area contributed by atoms with Gasteiger partial charge >= 0.3 is 5.97 Å². The molecule has 0 fully saturated rings. The zero-order valence-electron chi connectivity index (χ0n) is 12.6. The Kier molecular flexibility index (Phi) is 4.31. The van der Waals surface area contributed by atoms with E-state index in [1.165, 1.54) is 28.8 Å². The van der Waals surface area contributed by atoms with E-state index >= 15 is 0 Å². The third-order valence-electron chi connectivity index (χ3n) is 3.44. The van der Waals surface area contributed by atoms with E-state index in [-0.39, 0.29) is 17.7 Å². The third-order valence-corrected chi connectivity index (χ3v) is 3.66. The quantitative estimate of drug-likeness (QED) is 0.683. The van der Waals surface area contributed by atoms with Crippen molar-refractivity contribution in [3.8, 4) is 0 Å². The number of benzene rings is 1. The monoisotopic (exact) mass is 346 g/mol. The van der Waals surface area contributed by atoms with E-state index in [1.54, 1.807) is 19.1 Å². The molecule has 0 saturated carbocycles. The summed E-state index contributed by atoms with van der Waals surface area (Å²) in [5, 5.41) is 0.409. The van der Waals surface area contributed by atoms with Gasteiger partial charge in [0.1, 0.15) is 18.1 Å². The number of esters is 1. The van der Waals surface area contributed by atoms with Crippen molar-refractivity contribution >= 4 is 23.2 Å². The highest BCUT2D eigenvalue weighted by Gasteiger charge is 2.11. The highest BCUT2D eigenvalue weighted by atomic mass is 35.5. The zero-order valence-corrected chi connectivity index (χ0v) is 13.4. The minimum Gasteiger partial charge on any atom is -0.456 e. The molecule has 1 aromatic carbocycles. The van der Waals surface area contributed by atoms with Crippen LogP contribution in [0.2, 0.25) is 5.02 Å². The maximum Gasteiger partial charge on any atom is 0.338 e. The number of ether oxygens (including phenoxy) is 1. The van der Waals surface area contributed by atoms with E-state index in [1.807, 2.05) is 0 Å². The Hall–Kier alpha value is -2.73. The Balaban J connectivity index is 1.80. The zero-order chi connectivity index (χ0) is 17.3. The second-order valence-corrected chi connectivity index (χ2v) is 5.64. The molecular formula is C17H12ClFN2O3. The van der Waals surface area contributed by atoms with Gasteiger partial charge in [-0.3, -0.25) is 9.20 Å². The second kappa shape index (κ2) is 6.41. The largest absolute Gasteiger partial charge is 0.456 e. The number of fused-ring (bicyclic) bond motifs is 1. The maximum absolute atomic E-state index is 13.5. The molecular weight excluding hydrogens is 335 g/mol. The van der Waals surface area contributed by atoms with Gasteiger partial charge in [0.25, 0.3) is 5.56 Å². The Morgan fingerprint density at radius 2 is 2.08 bits per heavy atom. The maximum atomic E-state index is 13.5. The molecule has 0 aliphatic rings. The highest BCUT2D eigenvalue weighted by Crippen LogP contribution is 2.12. The molecule has 5 nitrogen and oxygen atoms in total. The number of hydrogen-bond donors (Lipinski definition) is 0. The van der Waals surface area contributed by atoms with E-state index in [9.17, 15) is 14.0 Å². The van der Waals surface area contributed by atoms with Crippen LogP contribution in [0.1, 0.15) is 21.6 Å². The molecule has 0 unspecified atom stereocenters. The summed E-state index contributed by atoms with van der Waals surface area (Å²) in [6.45, 7) is 1.41. The van der Waals surface area contributed by atoms with Crippen LogP contribution in [0.3, 0.4) is 0 Å². The predicted molar refractivity (Wildman–Crippen MR) is 86.7 cm³/mol. The molecule has 0 amide bonds. The molecule has 0 spiro atoms. The SMILES string of the molecule is Cc1ccc(C(=O)OCc2cc(=O)n3cc(Cl)ccc3n2)cc1F. The van der Waals surface area contributed by atoms with Crippen molar-refractivity contribution in [2.45, 2.75) is 13.5 Å². The van der Waals surface area contributed by atoms with Gasteiger partial charge in [0.05, 0.1) is 16.3 Å². The van der Waals surface area contributed by atoms with Crippen LogP contribution < -0.4 is 5.56 Å². The second-order valence-electron chi connectivity index (χ2n) is 5.20. The van der Waals surface area contributed by atoms with Gasteiger partial charge in [0.2, 0.25) is 0 Å². The van der Waals surface area contributed by atoms with Crippen molar-refractivity contribution < 1.29 is 13.9 Å². The van der Waals surface area contributed by atoms with Gasteiger partial charge in [-0.1, -0.05) is 17.7 Å². The van der Waals surface area contributed by atoms with E-state index in [0.29, 0.717) is 21.9 Å². The van der Waals surface area contributed by atoms with Crippen LogP contribution in [0.25, 0.3) is 5.65 Å². The Bertz CT molecular complexity index is 1000. The topological polar surface area (TPSA) is 60.7 Å². The number of carbonyl (C=O) groups is 1. The summed E-state index contributed by atoms with van der Waals surface area (Å²) in [7, 11) is 0. The summed E-state index contributed by atoms with van der Waals surface area (Å²) in [6.07, 6.45) is 1.46. The Morgan fingerprint density at radius 3 is 2.83 bits per heavy atom. The van der Waals surface area contributed by atoms with Crippen molar-refractivity contribution in [1.82, 2.24) is 9.38 Å². The van der Waals surface area contributed by atoms with Crippen LogP contribution in [0.15, 0.2) is 47.4 Å². The molecule has 2 aromatic heterocycles. The highest BCUT2D eigenvalue weighted by molar-refractivity contribution is 6.30. The molecule has 3 rings (SSSR count). The normalized spacial score (nSPS) is 10.8. The molecule has 0 saturated heterocycles. The van der Waals surface area contributed by atoms with Gasteiger partial charge in [-0.25, -0.2) is 14.2 Å². The van der Waals surface area contributed by atoms with Gasteiger partial charge < -0.3 is 4.74 Å². The van der Waals surface area contributed by atoms with Crippen LogP contribution in [0.5, 0.6) is 0 Å². The fourth-order valence-corrected chi connectivity index (χ4v) is 2.30. The number of pyridine rings is 1. The van der Waals surface area contributed by atoms with Crippen LogP contribution in [0.4, 0.5) is 4.39 Å². The van der Waals surface area contributed by atoms with E-state index < -0.39 is 11.8 Å². The third kappa shape index (κ3) is 3.28. The average molecular weight is 347 g/mol. The lowest BCUT2D eigenvalue weighted by atomic mass is 10.1. The molecule has 0 radical (unpaired) electrons. The Morgan fingerprint density at radius 1 is 1.29 bits per heavy atom. The van der Waals surface area contributed by atoms with Crippen molar-refractivity contribution in [2.24, 2.45) is 0 Å². The molecule has 0 atom stereocenters. The standard InChI is InChI=1S/C17H12ClFN2O3/c1-10-2-3-11(6-14(10)19)17(23)24-9-13-7-16(22)21-8-12(18)4-5-15(21)20-13/h2-8H,9H2,1H3. The number of halogens is 2. The molecule has 122 valence electrons. The predicted octanol–water partition coefficient (Wildman–Crippen LogP) is 3.15. The number of carbonyl (C=O) groups excluding carboxylic acids is 1. The first-order valence-corrected chi connectivity index (χ1v) is 7.43. The molecule has 0 aliphatic heterocycles. The Labute approximate surface area is 141 Å². The van der Waals surface area contributed by atoms with Crippen LogP contribution >= 0.6 is 11.6 Å². The van der Waals surface area contributed by atoms with Gasteiger partial charge in [-0.05, 0) is 36.8 Å². The fraction of sp³-hybridized carbons (Fsp3) is 0.118. The van der Waals surface area contributed by atoms with Crippen molar-refractivity contribution in [3.05, 3.63) is 80.6 Å². The number of hydrogen-bond acceptors (Lipinski definition) is 4. The first-order chi connectivity index (χ1) is 11.4. The first-order valence-electron chi connectivity index (χ1n) is 7.05. The van der Waals surface area contributed by atoms with Gasteiger partial charge in [-0.15, -0.1) is 0 Å². The van der Waals surface area contributed by atoms with E-state index in [4.69, 9.17) is 16.3 Å². The van der Waals surface area contributed by atoms with Crippen molar-refractivity contribution in [2.75, 3.05) is 0 Å². The van der Waals surface area contributed by atoms with Crippen LogP contribution in [-0.2, 0) is 11.3 Å². The summed E-state index contributed by atoms with van der Waals surface area (Å²) in [6, 6.07) is 8.54. The molecule has 24 heavy (non-hydrogen) atoms. The molecule has 2 heterocycles. The number of aryl methyl sites for hydroxylation is 1. The molecule has 0 bridgehead atoms. The van der Waals surface area contributed by atoms with E-state index in [2.05, 4.69) is 4.98 Å². The van der Waals surface area contributed by atoms with Crippen molar-refractivity contribution in [3.63, 3.8) is 0 Å². The molecule has 7 heteroatoms. The molecule has 0 aliphatic carbocycles. The molecule has 3 aromatic rings.